The first-order chi connectivity index (χ1) is 14.3. The zero-order valence-corrected chi connectivity index (χ0v) is 16.4. The van der Waals surface area contributed by atoms with E-state index in [2.05, 4.69) is 38.7 Å². The number of hydrogen-bond donors (Lipinski definition) is 0. The van der Waals surface area contributed by atoms with Crippen molar-refractivity contribution in [2.24, 2.45) is 0 Å². The van der Waals surface area contributed by atoms with Crippen molar-refractivity contribution in [2.75, 3.05) is 6.61 Å². The van der Waals surface area contributed by atoms with E-state index >= 15 is 0 Å². The Hall–Kier alpha value is -3.06. The average Bonchev–Trinajstić information content (AvgIpc) is 3.43. The summed E-state index contributed by atoms with van der Waals surface area (Å²) in [5, 5.41) is 6.52. The molecule has 0 saturated carbocycles. The maximum absolute atomic E-state index is 6.09. The normalized spacial score (nSPS) is 19.6. The summed E-state index contributed by atoms with van der Waals surface area (Å²) in [7, 11) is 0. The molecule has 1 aliphatic heterocycles. The van der Waals surface area contributed by atoms with E-state index in [0.717, 1.165) is 48.3 Å². The van der Waals surface area contributed by atoms with Gasteiger partial charge in [-0.05, 0) is 31.2 Å². The summed E-state index contributed by atoms with van der Waals surface area (Å²) in [6, 6.07) is 10.2. The van der Waals surface area contributed by atoms with Crippen molar-refractivity contribution in [1.82, 2.24) is 24.7 Å². The molecule has 4 heterocycles. The Kier molecular flexibility index (Phi) is 4.81. The Balaban J connectivity index is 1.42. The van der Waals surface area contributed by atoms with Gasteiger partial charge >= 0.3 is 0 Å². The lowest BCUT2D eigenvalue weighted by Gasteiger charge is -2.29. The molecule has 1 fully saturated rings. The van der Waals surface area contributed by atoms with E-state index in [4.69, 9.17) is 14.2 Å². The first kappa shape index (κ1) is 18.0. The Morgan fingerprint density at radius 3 is 3.00 bits per heavy atom. The predicted octanol–water partition coefficient (Wildman–Crippen LogP) is 4.06. The molecule has 4 aromatic rings. The Bertz CT molecular complexity index is 1110. The van der Waals surface area contributed by atoms with Crippen LogP contribution in [0.25, 0.3) is 10.8 Å². The topological polar surface area (TPSA) is 78.9 Å². The maximum Gasteiger partial charge on any atom is 0.232 e. The van der Waals surface area contributed by atoms with E-state index in [-0.39, 0.29) is 12.0 Å². The number of aromatic nitrogens is 5. The van der Waals surface area contributed by atoms with Gasteiger partial charge in [0.2, 0.25) is 5.89 Å². The number of nitrogens with zero attached hydrogens (tertiary/aromatic N) is 5. The molecule has 0 amide bonds. The fraction of sp³-hybridized carbons (Fsp3) is 0.364. The van der Waals surface area contributed by atoms with Gasteiger partial charge in [0.25, 0.3) is 0 Å². The molecule has 1 aromatic carbocycles. The monoisotopic (exact) mass is 389 g/mol. The second kappa shape index (κ2) is 7.75. The molecule has 2 atom stereocenters. The molecule has 5 rings (SSSR count). The van der Waals surface area contributed by atoms with Crippen LogP contribution in [0.2, 0.25) is 0 Å². The Labute approximate surface area is 168 Å². The van der Waals surface area contributed by atoms with Crippen LogP contribution < -0.4 is 0 Å². The lowest BCUT2D eigenvalue weighted by molar-refractivity contribution is -0.0173. The number of aryl methyl sites for hydroxylation is 1. The molecular formula is C22H23N5O2. The predicted molar refractivity (Wildman–Crippen MR) is 107 cm³/mol. The van der Waals surface area contributed by atoms with Gasteiger partial charge in [0, 0.05) is 37.1 Å². The van der Waals surface area contributed by atoms with E-state index in [1.165, 1.54) is 0 Å². The van der Waals surface area contributed by atoms with Gasteiger partial charge in [-0.15, -0.1) is 0 Å². The van der Waals surface area contributed by atoms with E-state index in [0.29, 0.717) is 18.1 Å². The maximum atomic E-state index is 6.09. The highest BCUT2D eigenvalue weighted by Gasteiger charge is 2.35. The largest absolute Gasteiger partial charge is 0.369 e. The summed E-state index contributed by atoms with van der Waals surface area (Å²) in [4.78, 5) is 13.8. The minimum Gasteiger partial charge on any atom is -0.369 e. The van der Waals surface area contributed by atoms with Crippen LogP contribution in [-0.4, -0.2) is 31.3 Å². The third kappa shape index (κ3) is 3.42. The fourth-order valence-corrected chi connectivity index (χ4v) is 4.10. The number of pyridine rings is 1. The van der Waals surface area contributed by atoms with Gasteiger partial charge in [0.1, 0.15) is 11.9 Å². The summed E-state index contributed by atoms with van der Waals surface area (Å²) in [5.41, 5.74) is 0.952. The molecule has 7 nitrogen and oxygen atoms in total. The third-order valence-electron chi connectivity index (χ3n) is 5.55. The molecule has 148 valence electrons. The van der Waals surface area contributed by atoms with Crippen LogP contribution in [-0.2, 0) is 17.7 Å². The Morgan fingerprint density at radius 1 is 1.14 bits per heavy atom. The van der Waals surface area contributed by atoms with Gasteiger partial charge < -0.3 is 13.8 Å². The molecule has 7 heteroatoms. The zero-order valence-electron chi connectivity index (χ0n) is 16.4. The van der Waals surface area contributed by atoms with Gasteiger partial charge in [-0.1, -0.05) is 29.4 Å². The second-order valence-corrected chi connectivity index (χ2v) is 7.32. The number of fused-ring (bicyclic) bond motifs is 1. The lowest BCUT2D eigenvalue weighted by Crippen LogP contribution is -2.24. The van der Waals surface area contributed by atoms with Crippen LogP contribution >= 0.6 is 0 Å². The summed E-state index contributed by atoms with van der Waals surface area (Å²) >= 11 is 0. The van der Waals surface area contributed by atoms with Gasteiger partial charge in [-0.3, -0.25) is 4.98 Å². The molecule has 0 aliphatic carbocycles. The molecule has 29 heavy (non-hydrogen) atoms. The van der Waals surface area contributed by atoms with Gasteiger partial charge in [0.05, 0.1) is 18.0 Å². The number of imidazole rings is 1. The SMILES string of the molecule is CCn1ccnc1[C@@H]1OCCC[C@H]1c1nc(Cc2nccc3ccccc23)no1. The van der Waals surface area contributed by atoms with Crippen molar-refractivity contribution in [1.29, 1.82) is 0 Å². The van der Waals surface area contributed by atoms with E-state index in [1.807, 2.05) is 36.8 Å². The summed E-state index contributed by atoms with van der Waals surface area (Å²) in [5.74, 6) is 2.20. The molecule has 0 N–H and O–H groups in total. The van der Waals surface area contributed by atoms with Crippen LogP contribution in [0.5, 0.6) is 0 Å². The van der Waals surface area contributed by atoms with Crippen molar-refractivity contribution < 1.29 is 9.26 Å². The number of hydrogen-bond acceptors (Lipinski definition) is 6. The minimum atomic E-state index is -0.164. The lowest BCUT2D eigenvalue weighted by atomic mass is 9.93. The van der Waals surface area contributed by atoms with Gasteiger partial charge in [0.15, 0.2) is 5.82 Å². The molecular weight excluding hydrogens is 366 g/mol. The van der Waals surface area contributed by atoms with Crippen molar-refractivity contribution in [3.05, 3.63) is 72.2 Å². The first-order valence-corrected chi connectivity index (χ1v) is 10.1. The quantitative estimate of drug-likeness (QED) is 0.512. The highest BCUT2D eigenvalue weighted by Crippen LogP contribution is 2.39. The number of ether oxygens (including phenoxy) is 1. The van der Waals surface area contributed by atoms with Crippen molar-refractivity contribution in [3.63, 3.8) is 0 Å². The molecule has 1 aliphatic rings. The van der Waals surface area contributed by atoms with E-state index in [9.17, 15) is 0 Å². The summed E-state index contributed by atoms with van der Waals surface area (Å²) in [6.45, 7) is 3.67. The minimum absolute atomic E-state index is 0.0122. The van der Waals surface area contributed by atoms with Crippen LogP contribution in [0.1, 0.15) is 55.0 Å². The molecule has 0 unspecified atom stereocenters. The van der Waals surface area contributed by atoms with E-state index in [1.54, 1.807) is 0 Å². The Morgan fingerprint density at radius 2 is 2.07 bits per heavy atom. The van der Waals surface area contributed by atoms with Crippen LogP contribution in [0.15, 0.2) is 53.4 Å². The van der Waals surface area contributed by atoms with Gasteiger partial charge in [-0.2, -0.15) is 4.98 Å². The molecule has 3 aromatic heterocycles. The van der Waals surface area contributed by atoms with Crippen molar-refractivity contribution in [3.8, 4) is 0 Å². The molecule has 0 spiro atoms. The molecule has 1 saturated heterocycles. The highest BCUT2D eigenvalue weighted by molar-refractivity contribution is 5.84. The third-order valence-corrected chi connectivity index (χ3v) is 5.55. The fourth-order valence-electron chi connectivity index (χ4n) is 4.10. The zero-order chi connectivity index (χ0) is 19.6. The smallest absolute Gasteiger partial charge is 0.232 e. The summed E-state index contributed by atoms with van der Waals surface area (Å²) in [6.07, 6.45) is 7.91. The van der Waals surface area contributed by atoms with Gasteiger partial charge in [-0.25, -0.2) is 4.98 Å². The van der Waals surface area contributed by atoms with Crippen LogP contribution in [0.3, 0.4) is 0 Å². The molecule has 0 radical (unpaired) electrons. The second-order valence-electron chi connectivity index (χ2n) is 7.32. The van der Waals surface area contributed by atoms with E-state index < -0.39 is 0 Å². The standard InChI is InChI=1S/C22H23N5O2/c1-2-27-12-11-24-21(27)20-17(8-5-13-28-20)22-25-19(26-29-22)14-18-16-7-4-3-6-15(16)9-10-23-18/h3-4,6-7,9-12,17,20H,2,5,8,13-14H2,1H3/t17-,20-/m1/s1. The highest BCUT2D eigenvalue weighted by atomic mass is 16.5. The van der Waals surface area contributed by atoms with Crippen LogP contribution in [0.4, 0.5) is 0 Å². The summed E-state index contributed by atoms with van der Waals surface area (Å²) < 4.78 is 13.9. The average molecular weight is 389 g/mol. The number of benzene rings is 1. The number of rotatable bonds is 5. The van der Waals surface area contributed by atoms with Crippen LogP contribution in [0, 0.1) is 0 Å². The first-order valence-electron chi connectivity index (χ1n) is 10.1. The van der Waals surface area contributed by atoms with Crippen molar-refractivity contribution >= 4 is 10.8 Å². The molecule has 0 bridgehead atoms. The van der Waals surface area contributed by atoms with Crippen molar-refractivity contribution in [2.45, 2.75) is 44.8 Å².